The van der Waals surface area contributed by atoms with Crippen molar-refractivity contribution in [2.75, 3.05) is 25.5 Å². The molecule has 1 amide bonds. The summed E-state index contributed by atoms with van der Waals surface area (Å²) in [5.41, 5.74) is 3.09. The van der Waals surface area contributed by atoms with Gasteiger partial charge in [-0.25, -0.2) is 4.98 Å². The summed E-state index contributed by atoms with van der Waals surface area (Å²) in [7, 11) is 1.83. The number of aromatic nitrogens is 1. The second kappa shape index (κ2) is 6.79. The molecule has 1 aliphatic heterocycles. The molecule has 1 atom stereocenters. The molecule has 0 saturated heterocycles. The zero-order chi connectivity index (χ0) is 16.2. The molecule has 0 radical (unpaired) electrons. The SMILES string of the molecule is CNCC(C)C(=O)Nc1cccc(-c2ccc3c(c2)CCO3)n1. The van der Waals surface area contributed by atoms with Gasteiger partial charge in [0.05, 0.1) is 12.3 Å². The monoisotopic (exact) mass is 311 g/mol. The van der Waals surface area contributed by atoms with Gasteiger partial charge >= 0.3 is 0 Å². The van der Waals surface area contributed by atoms with Crippen molar-refractivity contribution in [3.05, 3.63) is 42.0 Å². The molecule has 0 aliphatic carbocycles. The van der Waals surface area contributed by atoms with Crippen LogP contribution in [0.2, 0.25) is 0 Å². The number of anilines is 1. The third-order valence-corrected chi connectivity index (χ3v) is 3.94. The number of rotatable bonds is 5. The maximum absolute atomic E-state index is 12.1. The number of ether oxygens (including phenoxy) is 1. The molecule has 23 heavy (non-hydrogen) atoms. The molecule has 0 spiro atoms. The largest absolute Gasteiger partial charge is 0.493 e. The number of hydrogen-bond donors (Lipinski definition) is 2. The second-order valence-electron chi connectivity index (χ2n) is 5.78. The average Bonchev–Trinajstić information content (AvgIpc) is 3.03. The van der Waals surface area contributed by atoms with Crippen molar-refractivity contribution < 1.29 is 9.53 Å². The van der Waals surface area contributed by atoms with E-state index in [-0.39, 0.29) is 11.8 Å². The van der Waals surface area contributed by atoms with Crippen LogP contribution < -0.4 is 15.4 Å². The molecule has 1 aromatic heterocycles. The number of pyridine rings is 1. The molecule has 1 unspecified atom stereocenters. The Labute approximate surface area is 136 Å². The van der Waals surface area contributed by atoms with Crippen molar-refractivity contribution in [3.63, 3.8) is 0 Å². The Hall–Kier alpha value is -2.40. The van der Waals surface area contributed by atoms with Gasteiger partial charge in [0.1, 0.15) is 11.6 Å². The fraction of sp³-hybridized carbons (Fsp3) is 0.333. The Balaban J connectivity index is 1.79. The van der Waals surface area contributed by atoms with E-state index in [9.17, 15) is 4.79 Å². The van der Waals surface area contributed by atoms with Gasteiger partial charge in [0.15, 0.2) is 0 Å². The molecule has 1 aromatic carbocycles. The molecule has 0 saturated carbocycles. The van der Waals surface area contributed by atoms with E-state index in [0.717, 1.165) is 30.0 Å². The van der Waals surface area contributed by atoms with E-state index >= 15 is 0 Å². The third kappa shape index (κ3) is 3.51. The molecule has 5 nitrogen and oxygen atoms in total. The minimum absolute atomic E-state index is 0.0358. The lowest BCUT2D eigenvalue weighted by Gasteiger charge is -2.12. The van der Waals surface area contributed by atoms with Crippen molar-refractivity contribution in [3.8, 4) is 17.0 Å². The van der Waals surface area contributed by atoms with Crippen molar-refractivity contribution in [2.45, 2.75) is 13.3 Å². The molecule has 2 aromatic rings. The van der Waals surface area contributed by atoms with E-state index in [1.54, 1.807) is 0 Å². The lowest BCUT2D eigenvalue weighted by molar-refractivity contribution is -0.119. The smallest absolute Gasteiger partial charge is 0.229 e. The summed E-state index contributed by atoms with van der Waals surface area (Å²) in [5, 5.41) is 5.88. The summed E-state index contributed by atoms with van der Waals surface area (Å²) in [6.45, 7) is 3.26. The number of benzene rings is 1. The highest BCUT2D eigenvalue weighted by atomic mass is 16.5. The first-order chi connectivity index (χ1) is 11.2. The Morgan fingerprint density at radius 3 is 3.04 bits per heavy atom. The van der Waals surface area contributed by atoms with Gasteiger partial charge in [-0.3, -0.25) is 4.79 Å². The number of fused-ring (bicyclic) bond motifs is 1. The van der Waals surface area contributed by atoms with Gasteiger partial charge in [-0.05, 0) is 42.9 Å². The van der Waals surface area contributed by atoms with Crippen LogP contribution >= 0.6 is 0 Å². The van der Waals surface area contributed by atoms with E-state index in [4.69, 9.17) is 4.74 Å². The van der Waals surface area contributed by atoms with E-state index in [2.05, 4.69) is 21.7 Å². The summed E-state index contributed by atoms with van der Waals surface area (Å²) >= 11 is 0. The number of amides is 1. The topological polar surface area (TPSA) is 63.2 Å². The molecule has 5 heteroatoms. The van der Waals surface area contributed by atoms with Crippen LogP contribution in [0.15, 0.2) is 36.4 Å². The van der Waals surface area contributed by atoms with Crippen LogP contribution in [-0.2, 0) is 11.2 Å². The summed E-state index contributed by atoms with van der Waals surface area (Å²) < 4.78 is 5.53. The predicted molar refractivity (Wildman–Crippen MR) is 90.6 cm³/mol. The number of carbonyl (C=O) groups is 1. The number of carbonyl (C=O) groups excluding carboxylic acids is 1. The van der Waals surface area contributed by atoms with Crippen LogP contribution in [0.3, 0.4) is 0 Å². The molecule has 0 fully saturated rings. The van der Waals surface area contributed by atoms with Crippen LogP contribution in [0.1, 0.15) is 12.5 Å². The first-order valence-corrected chi connectivity index (χ1v) is 7.86. The lowest BCUT2D eigenvalue weighted by Crippen LogP contribution is -2.28. The Bertz CT molecular complexity index is 715. The lowest BCUT2D eigenvalue weighted by atomic mass is 10.1. The van der Waals surface area contributed by atoms with Gasteiger partial charge in [0.2, 0.25) is 5.91 Å². The Morgan fingerprint density at radius 1 is 1.35 bits per heavy atom. The first kappa shape index (κ1) is 15.5. The van der Waals surface area contributed by atoms with Gasteiger partial charge < -0.3 is 15.4 Å². The highest BCUT2D eigenvalue weighted by Gasteiger charge is 2.15. The van der Waals surface area contributed by atoms with Crippen LogP contribution in [0.25, 0.3) is 11.3 Å². The summed E-state index contributed by atoms with van der Waals surface area (Å²) in [6.07, 6.45) is 0.932. The van der Waals surface area contributed by atoms with Crippen LogP contribution in [-0.4, -0.2) is 31.1 Å². The van der Waals surface area contributed by atoms with Crippen LogP contribution in [0.5, 0.6) is 5.75 Å². The van der Waals surface area contributed by atoms with Crippen LogP contribution in [0.4, 0.5) is 5.82 Å². The highest BCUT2D eigenvalue weighted by molar-refractivity contribution is 5.91. The van der Waals surface area contributed by atoms with Gasteiger partial charge in [-0.15, -0.1) is 0 Å². The molecule has 3 rings (SSSR count). The van der Waals surface area contributed by atoms with Crippen LogP contribution in [0, 0.1) is 5.92 Å². The molecular weight excluding hydrogens is 290 g/mol. The van der Waals surface area contributed by atoms with Crippen molar-refractivity contribution in [1.29, 1.82) is 0 Å². The maximum Gasteiger partial charge on any atom is 0.229 e. The normalized spacial score (nSPS) is 14.0. The second-order valence-corrected chi connectivity index (χ2v) is 5.78. The van der Waals surface area contributed by atoms with Gasteiger partial charge in [-0.2, -0.15) is 0 Å². The Kier molecular flexibility index (Phi) is 4.57. The summed E-state index contributed by atoms with van der Waals surface area (Å²) in [5.74, 6) is 1.39. The zero-order valence-electron chi connectivity index (χ0n) is 13.4. The third-order valence-electron chi connectivity index (χ3n) is 3.94. The standard InChI is InChI=1S/C18H21N3O2/c1-12(11-19-2)18(22)21-17-5-3-4-15(20-17)13-6-7-16-14(10-13)8-9-23-16/h3-7,10,12,19H,8-9,11H2,1-2H3,(H,20,21,22). The van der Waals surface area contributed by atoms with E-state index in [1.165, 1.54) is 5.56 Å². The first-order valence-electron chi connectivity index (χ1n) is 7.86. The predicted octanol–water partition coefficient (Wildman–Crippen LogP) is 2.48. The fourth-order valence-corrected chi connectivity index (χ4v) is 2.66. The highest BCUT2D eigenvalue weighted by Crippen LogP contribution is 2.30. The minimum Gasteiger partial charge on any atom is -0.493 e. The molecule has 0 bridgehead atoms. The van der Waals surface area contributed by atoms with E-state index < -0.39 is 0 Å². The van der Waals surface area contributed by atoms with Crippen molar-refractivity contribution >= 4 is 11.7 Å². The summed E-state index contributed by atoms with van der Waals surface area (Å²) in [4.78, 5) is 16.7. The molecular formula is C18H21N3O2. The molecule has 2 heterocycles. The Morgan fingerprint density at radius 2 is 2.22 bits per heavy atom. The minimum atomic E-state index is -0.109. The molecule has 1 aliphatic rings. The zero-order valence-corrected chi connectivity index (χ0v) is 13.4. The molecule has 120 valence electrons. The molecule has 2 N–H and O–H groups in total. The van der Waals surface area contributed by atoms with Gasteiger partial charge in [0.25, 0.3) is 0 Å². The van der Waals surface area contributed by atoms with Crippen molar-refractivity contribution in [2.24, 2.45) is 5.92 Å². The number of nitrogens with zero attached hydrogens (tertiary/aromatic N) is 1. The quantitative estimate of drug-likeness (QED) is 0.890. The van der Waals surface area contributed by atoms with Crippen molar-refractivity contribution in [1.82, 2.24) is 10.3 Å². The number of hydrogen-bond acceptors (Lipinski definition) is 4. The maximum atomic E-state index is 12.1. The van der Waals surface area contributed by atoms with Gasteiger partial charge in [0, 0.05) is 24.4 Å². The van der Waals surface area contributed by atoms with Gasteiger partial charge in [-0.1, -0.05) is 13.0 Å². The van der Waals surface area contributed by atoms with E-state index in [0.29, 0.717) is 12.4 Å². The average molecular weight is 311 g/mol. The number of nitrogens with one attached hydrogen (secondary N) is 2. The fourth-order valence-electron chi connectivity index (χ4n) is 2.66. The summed E-state index contributed by atoms with van der Waals surface area (Å²) in [6, 6.07) is 11.8. The van der Waals surface area contributed by atoms with E-state index in [1.807, 2.05) is 44.3 Å².